The average Bonchev–Trinajstić information content (AvgIpc) is 3.67. The van der Waals surface area contributed by atoms with Gasteiger partial charge in [0.25, 0.3) is 0 Å². The molecule has 0 fully saturated rings. The maximum absolute atomic E-state index is 5.35. The molecule has 4 aliphatic heterocycles. The first-order valence-corrected chi connectivity index (χ1v) is 14.2. The molecule has 6 heterocycles. The van der Waals surface area contributed by atoms with Gasteiger partial charge in [0, 0.05) is 21.5 Å². The fraction of sp³-hybridized carbons (Fsp3) is 0.0286. The fourth-order valence-electron chi connectivity index (χ4n) is 6.83. The second kappa shape index (κ2) is 7.83. The second-order valence-electron chi connectivity index (χ2n) is 11.1. The largest absolute Gasteiger partial charge is 0.366 e. The third kappa shape index (κ3) is 2.79. The summed E-state index contributed by atoms with van der Waals surface area (Å²) in [6.45, 7) is 0.417. The van der Waals surface area contributed by atoms with E-state index in [0.29, 0.717) is 6.67 Å². The molecule has 6 bridgehead atoms. The van der Waals surface area contributed by atoms with Gasteiger partial charge in [0.1, 0.15) is 6.67 Å². The number of benzene rings is 4. The van der Waals surface area contributed by atoms with Crippen molar-refractivity contribution in [2.75, 3.05) is 0 Å². The van der Waals surface area contributed by atoms with Crippen molar-refractivity contribution in [1.82, 2.24) is 9.13 Å². The number of nitrogens with zero attached hydrogens (tertiary/aromatic N) is 8. The van der Waals surface area contributed by atoms with E-state index in [4.69, 9.17) is 20.0 Å². The Morgan fingerprint density at radius 2 is 0.860 bits per heavy atom. The highest BCUT2D eigenvalue weighted by molar-refractivity contribution is 6.18. The van der Waals surface area contributed by atoms with Gasteiger partial charge in [-0.3, -0.25) is 9.13 Å². The maximum Gasteiger partial charge on any atom is 0.207 e. The molecule has 2 aromatic heterocycles. The van der Waals surface area contributed by atoms with Crippen LogP contribution in [0.5, 0.6) is 0 Å². The number of aromatic nitrogens is 2. The molecular weight excluding hydrogens is 532 g/mol. The van der Waals surface area contributed by atoms with Gasteiger partial charge in [-0.15, -0.1) is 20.0 Å². The molecule has 8 nitrogen and oxygen atoms in total. The van der Waals surface area contributed by atoms with E-state index in [0.717, 1.165) is 89.8 Å². The smallest absolute Gasteiger partial charge is 0.207 e. The summed E-state index contributed by atoms with van der Waals surface area (Å²) in [5, 5.41) is 4.03. The third-order valence-corrected chi connectivity index (χ3v) is 8.81. The van der Waals surface area contributed by atoms with Gasteiger partial charge in [0.2, 0.25) is 22.6 Å². The van der Waals surface area contributed by atoms with E-state index >= 15 is 0 Å². The Morgan fingerprint density at radius 1 is 0.465 bits per heavy atom. The minimum Gasteiger partial charge on any atom is -0.366 e. The van der Waals surface area contributed by atoms with Crippen LogP contribution >= 0.6 is 0 Å². The lowest BCUT2D eigenvalue weighted by Gasteiger charge is -2.13. The predicted molar refractivity (Wildman–Crippen MR) is 166 cm³/mol. The highest BCUT2D eigenvalue weighted by atomic mass is 15.3. The molecule has 0 saturated carbocycles. The highest BCUT2D eigenvalue weighted by Crippen LogP contribution is 2.40. The zero-order valence-corrected chi connectivity index (χ0v) is 22.9. The summed E-state index contributed by atoms with van der Waals surface area (Å²) < 4.78 is 8.07. The van der Waals surface area contributed by atoms with Crippen LogP contribution in [0.2, 0.25) is 0 Å². The van der Waals surface area contributed by atoms with Gasteiger partial charge < -0.3 is 9.15 Å². The summed E-state index contributed by atoms with van der Waals surface area (Å²) in [6, 6.07) is 33.1. The van der Waals surface area contributed by atoms with Gasteiger partial charge in [-0.1, -0.05) is 86.9 Å². The molecule has 0 spiro atoms. The van der Waals surface area contributed by atoms with E-state index in [2.05, 4.69) is 96.0 Å². The number of amidine groups is 4. The van der Waals surface area contributed by atoms with Crippen molar-refractivity contribution < 1.29 is 9.15 Å². The summed E-state index contributed by atoms with van der Waals surface area (Å²) >= 11 is 0. The van der Waals surface area contributed by atoms with Crippen molar-refractivity contribution >= 4 is 56.5 Å². The average molecular weight is 555 g/mol. The van der Waals surface area contributed by atoms with Crippen LogP contribution in [-0.2, 0) is 6.67 Å². The van der Waals surface area contributed by atoms with Crippen LogP contribution in [0.1, 0.15) is 22.3 Å². The molecule has 0 unspecified atom stereocenters. The Kier molecular flexibility index (Phi) is 4.12. The minimum atomic E-state index is 0.417. The Balaban J connectivity index is 1.50. The van der Waals surface area contributed by atoms with Crippen LogP contribution in [0.15, 0.2) is 117 Å². The van der Waals surface area contributed by atoms with Crippen LogP contribution < -0.4 is 11.0 Å². The highest BCUT2D eigenvalue weighted by Gasteiger charge is 2.32. The van der Waals surface area contributed by atoms with Crippen LogP contribution in [0.3, 0.4) is 0 Å². The van der Waals surface area contributed by atoms with Gasteiger partial charge in [-0.2, -0.15) is 0 Å². The molecule has 8 heteroatoms. The molecule has 0 amide bonds. The molecule has 202 valence electrons. The van der Waals surface area contributed by atoms with Crippen molar-refractivity contribution in [2.45, 2.75) is 6.67 Å². The monoisotopic (exact) mass is 554 g/mol. The lowest BCUT2D eigenvalue weighted by Crippen LogP contribution is -2.33. The van der Waals surface area contributed by atoms with E-state index in [1.165, 1.54) is 0 Å². The molecule has 0 atom stereocenters. The van der Waals surface area contributed by atoms with Gasteiger partial charge >= 0.3 is 0 Å². The van der Waals surface area contributed by atoms with Crippen molar-refractivity contribution in [3.8, 4) is 0 Å². The van der Waals surface area contributed by atoms with Crippen molar-refractivity contribution in [3.63, 3.8) is 0 Å². The number of aliphatic imine (C=N–C) groups is 2. The summed E-state index contributed by atoms with van der Waals surface area (Å²) in [5.74, 6) is 4.61. The molecule has 0 saturated heterocycles. The number of hydrogen-bond acceptors (Lipinski definition) is 4. The first-order valence-electron chi connectivity index (χ1n) is 14.2. The molecule has 4 aliphatic rings. The van der Waals surface area contributed by atoms with Crippen molar-refractivity contribution in [2.24, 2.45) is 20.0 Å². The Labute approximate surface area is 245 Å². The van der Waals surface area contributed by atoms with E-state index < -0.39 is 0 Å². The minimum absolute atomic E-state index is 0.417. The van der Waals surface area contributed by atoms with Crippen LogP contribution in [0.4, 0.5) is 11.6 Å². The molecule has 0 radical (unpaired) electrons. The molecule has 4 aromatic carbocycles. The summed E-state index contributed by atoms with van der Waals surface area (Å²) in [4.78, 5) is 21.4. The molecule has 0 N–H and O–H groups in total. The van der Waals surface area contributed by atoms with E-state index in [1.807, 2.05) is 33.4 Å². The molecule has 6 aromatic rings. The summed E-state index contributed by atoms with van der Waals surface area (Å²) in [7, 11) is 8.90. The molecular formula is C35H22N8. The van der Waals surface area contributed by atoms with Gasteiger partial charge in [-0.05, 0) is 46.5 Å². The maximum atomic E-state index is 5.35. The first-order chi connectivity index (χ1) is 21.2. The van der Waals surface area contributed by atoms with Gasteiger partial charge in [-0.25, -0.2) is 0 Å². The Bertz CT molecular complexity index is 2380. The second-order valence-corrected chi connectivity index (χ2v) is 11.1. The molecule has 0 aliphatic carbocycles. The topological polar surface area (TPSA) is 65.3 Å². The lowest BCUT2D eigenvalue weighted by molar-refractivity contribution is -0.329. The molecule has 10 rings (SSSR count). The predicted octanol–water partition coefficient (Wildman–Crippen LogP) is 4.65. The quantitative estimate of drug-likeness (QED) is 0.194. The SMILES string of the molecule is [CH2-][N+]1=C2N=c3c4ccccc4c4n3Cn3c(c5ccccc5c3N=C3c5ccccc5C(=[N+]3[CH2-])N=4)N=C1c1ccccc12. The lowest BCUT2D eigenvalue weighted by atomic mass is 10.1. The normalized spacial score (nSPS) is 16.0. The summed E-state index contributed by atoms with van der Waals surface area (Å²) in [6.07, 6.45) is 0. The zero-order valence-electron chi connectivity index (χ0n) is 22.9. The van der Waals surface area contributed by atoms with Crippen molar-refractivity contribution in [3.05, 3.63) is 144 Å². The van der Waals surface area contributed by atoms with Crippen LogP contribution in [0, 0.1) is 14.1 Å². The zero-order chi connectivity index (χ0) is 28.4. The van der Waals surface area contributed by atoms with Crippen LogP contribution in [-0.4, -0.2) is 41.6 Å². The number of hydrogen-bond donors (Lipinski definition) is 0. The summed E-state index contributed by atoms with van der Waals surface area (Å²) in [5.41, 5.74) is 5.58. The third-order valence-electron chi connectivity index (χ3n) is 8.81. The first kappa shape index (κ1) is 22.6. The van der Waals surface area contributed by atoms with Crippen LogP contribution in [0.25, 0.3) is 21.5 Å². The standard InChI is InChI=1S/C35H22N8/c1-40-28-20-11-3-4-12-21(20)29(40)37-33-25-16-8-10-18-27(25)35-39-31-23-14-6-5-13-22(23)30(41(31)2)38-34-26-17-9-7-15-24(26)32(36-28)42(34)19-43(33)35/h3-18H,1-2,19H2. The van der Waals surface area contributed by atoms with E-state index in [1.54, 1.807) is 0 Å². The number of rotatable bonds is 0. The van der Waals surface area contributed by atoms with E-state index in [-0.39, 0.29) is 0 Å². The van der Waals surface area contributed by atoms with Crippen molar-refractivity contribution in [1.29, 1.82) is 0 Å². The molecule has 43 heavy (non-hydrogen) atoms. The fourth-order valence-corrected chi connectivity index (χ4v) is 6.83. The Hall–Kier alpha value is -6.02. The number of fused-ring (bicyclic) bond motifs is 14. The van der Waals surface area contributed by atoms with Gasteiger partial charge in [0.05, 0.1) is 0 Å². The van der Waals surface area contributed by atoms with E-state index in [9.17, 15) is 0 Å². The Morgan fingerprint density at radius 3 is 1.33 bits per heavy atom. The van der Waals surface area contributed by atoms with Gasteiger partial charge in [0.15, 0.2) is 23.3 Å².